The largest absolute Gasteiger partial charge is 0.490 e. The average molecular weight is 763 g/mol. The van der Waals surface area contributed by atoms with Crippen LogP contribution in [-0.4, -0.2) is 0 Å². The maximum absolute atomic E-state index is 6.83. The Labute approximate surface area is 331 Å². The highest BCUT2D eigenvalue weighted by atomic mass is 32.5. The van der Waals surface area contributed by atoms with Crippen molar-refractivity contribution >= 4 is 18.5 Å². The Kier molecular flexibility index (Phi) is 24.7. The second-order valence-corrected chi connectivity index (χ2v) is 18.0. The molecule has 0 unspecified atom stereocenters. The van der Waals surface area contributed by atoms with Crippen molar-refractivity contribution in [3.8, 4) is 17.2 Å². The van der Waals surface area contributed by atoms with Crippen molar-refractivity contribution in [1.29, 1.82) is 0 Å². The first kappa shape index (κ1) is 45.1. The van der Waals surface area contributed by atoms with Crippen LogP contribution >= 0.6 is 6.72 Å². The zero-order valence-electron chi connectivity index (χ0n) is 34.1. The Balaban J connectivity index is 1.73. The minimum atomic E-state index is -3.31. The Morgan fingerprint density at radius 1 is 0.340 bits per heavy atom. The van der Waals surface area contributed by atoms with Crippen LogP contribution in [0.2, 0.25) is 0 Å². The van der Waals surface area contributed by atoms with E-state index in [4.69, 9.17) is 25.4 Å². The zero-order valence-corrected chi connectivity index (χ0v) is 35.8. The summed E-state index contributed by atoms with van der Waals surface area (Å²) in [6.45, 7) is 3.53. The van der Waals surface area contributed by atoms with Crippen molar-refractivity contribution < 1.29 is 13.6 Å². The van der Waals surface area contributed by atoms with Crippen LogP contribution in [0.15, 0.2) is 72.8 Å². The molecule has 0 aliphatic heterocycles. The summed E-state index contributed by atoms with van der Waals surface area (Å²) in [7, 11) is 0. The molecule has 3 aromatic rings. The van der Waals surface area contributed by atoms with Crippen molar-refractivity contribution in [3.63, 3.8) is 0 Å². The molecule has 296 valence electrons. The van der Waals surface area contributed by atoms with Crippen molar-refractivity contribution in [2.75, 3.05) is 0 Å². The van der Waals surface area contributed by atoms with Gasteiger partial charge in [0.05, 0.1) is 0 Å². The number of hydrogen-bond donors (Lipinski definition) is 0. The third-order valence-corrected chi connectivity index (χ3v) is 12.4. The summed E-state index contributed by atoms with van der Waals surface area (Å²) in [5.41, 5.74) is 3.54. The molecule has 0 radical (unpaired) electrons. The van der Waals surface area contributed by atoms with Gasteiger partial charge in [-0.3, -0.25) is 0 Å². The predicted molar refractivity (Wildman–Crippen MR) is 234 cm³/mol. The summed E-state index contributed by atoms with van der Waals surface area (Å²) < 4.78 is 20.5. The minimum absolute atomic E-state index is 0.792. The van der Waals surface area contributed by atoms with Gasteiger partial charge in [-0.1, -0.05) is 210 Å². The third-order valence-electron chi connectivity index (χ3n) is 10.4. The summed E-state index contributed by atoms with van der Waals surface area (Å²) in [6.07, 6.45) is 34.0. The zero-order chi connectivity index (χ0) is 37.7. The second kappa shape index (κ2) is 29.1. The molecule has 3 nitrogen and oxygen atoms in total. The van der Waals surface area contributed by atoms with Gasteiger partial charge >= 0.3 is 6.72 Å². The highest BCUT2D eigenvalue weighted by Crippen LogP contribution is 2.52. The number of aryl methyl sites for hydroxylation is 3. The fourth-order valence-electron chi connectivity index (χ4n) is 7.16. The molecule has 0 saturated carbocycles. The molecule has 0 amide bonds. The Hall–Kier alpha value is -2.29. The number of hydrogen-bond acceptors (Lipinski definition) is 4. The molecule has 0 heterocycles. The van der Waals surface area contributed by atoms with E-state index in [0.29, 0.717) is 0 Å². The first-order valence-corrected chi connectivity index (χ1v) is 24.6. The van der Waals surface area contributed by atoms with E-state index in [9.17, 15) is 0 Å². The molecule has 0 spiro atoms. The van der Waals surface area contributed by atoms with Crippen molar-refractivity contribution in [2.24, 2.45) is 0 Å². The fraction of sp³-hybridized carbons (Fsp3) is 0.625. The molecular weight excluding hydrogens is 688 g/mol. The van der Waals surface area contributed by atoms with Gasteiger partial charge in [-0.25, -0.2) is 0 Å². The maximum atomic E-state index is 6.83. The Morgan fingerprint density at radius 3 is 0.830 bits per heavy atom. The summed E-state index contributed by atoms with van der Waals surface area (Å²) >= 11 is 6.39. The maximum Gasteiger partial charge on any atom is 0.490 e. The number of rotatable bonds is 33. The van der Waals surface area contributed by atoms with Gasteiger partial charge in [-0.15, -0.1) is 0 Å². The highest BCUT2D eigenvalue weighted by Gasteiger charge is 2.29. The number of para-hydroxylation sites is 3. The standard InChI is InChI=1S/C48H75O3PS/c1-4-7-10-13-16-19-22-25-34-43-37-28-31-40-46(43)49-52(53,50-47-41-32-29-38-44(47)35-26-23-20-17-14-11-8-5-2)51-48-42-33-30-39-45(48)36-27-24-21-18-15-12-9-6-3/h28-33,37-42H,4-27,34-36H2,1-3H3. The van der Waals surface area contributed by atoms with E-state index in [1.54, 1.807) is 0 Å². The predicted octanol–water partition coefficient (Wildman–Crippen LogP) is 16.5. The first-order chi connectivity index (χ1) is 26.1. The van der Waals surface area contributed by atoms with Crippen LogP contribution in [0.25, 0.3) is 0 Å². The highest BCUT2D eigenvalue weighted by molar-refractivity contribution is 8.08. The third kappa shape index (κ3) is 19.7. The molecule has 0 aromatic heterocycles. The second-order valence-electron chi connectivity index (χ2n) is 15.2. The van der Waals surface area contributed by atoms with Crippen LogP contribution in [0.5, 0.6) is 17.2 Å². The van der Waals surface area contributed by atoms with Crippen LogP contribution in [-0.2, 0) is 31.1 Å². The van der Waals surface area contributed by atoms with Gasteiger partial charge in [0.25, 0.3) is 0 Å². The lowest BCUT2D eigenvalue weighted by atomic mass is 10.0. The van der Waals surface area contributed by atoms with Crippen LogP contribution in [0, 0.1) is 0 Å². The molecule has 0 N–H and O–H groups in total. The molecule has 3 rings (SSSR count). The van der Waals surface area contributed by atoms with Gasteiger partial charge in [0, 0.05) is 11.8 Å². The average Bonchev–Trinajstić information content (AvgIpc) is 3.16. The van der Waals surface area contributed by atoms with E-state index in [0.717, 1.165) is 55.8 Å². The van der Waals surface area contributed by atoms with Gasteiger partial charge < -0.3 is 13.6 Å². The van der Waals surface area contributed by atoms with Crippen LogP contribution in [0.1, 0.15) is 192 Å². The van der Waals surface area contributed by atoms with Crippen LogP contribution < -0.4 is 13.6 Å². The van der Waals surface area contributed by atoms with Gasteiger partial charge in [0.2, 0.25) is 0 Å². The summed E-state index contributed by atoms with van der Waals surface area (Å²) in [4.78, 5) is 0. The molecule has 0 fully saturated rings. The Bertz CT molecular complexity index is 1230. The number of unbranched alkanes of at least 4 members (excludes halogenated alkanes) is 21. The SMILES string of the molecule is CCCCCCCCCCc1ccccc1OP(=S)(Oc1ccccc1CCCCCCCCCC)Oc1ccccc1CCCCCCCCCC. The minimum Gasteiger partial charge on any atom is -0.407 e. The van der Waals surface area contributed by atoms with Crippen molar-refractivity contribution in [1.82, 2.24) is 0 Å². The van der Waals surface area contributed by atoms with E-state index >= 15 is 0 Å². The topological polar surface area (TPSA) is 27.7 Å². The summed E-state index contributed by atoms with van der Waals surface area (Å²) in [5, 5.41) is 0. The van der Waals surface area contributed by atoms with E-state index in [1.807, 2.05) is 36.4 Å². The van der Waals surface area contributed by atoms with Gasteiger partial charge in [-0.2, -0.15) is 0 Å². The normalized spacial score (nSPS) is 11.5. The molecule has 53 heavy (non-hydrogen) atoms. The van der Waals surface area contributed by atoms with E-state index in [2.05, 4.69) is 57.2 Å². The molecule has 0 aliphatic carbocycles. The lowest BCUT2D eigenvalue weighted by Crippen LogP contribution is -2.10. The molecule has 0 saturated heterocycles. The van der Waals surface area contributed by atoms with E-state index in [1.165, 1.54) is 152 Å². The molecular formula is C48H75O3PS. The molecule has 0 aliphatic rings. The van der Waals surface area contributed by atoms with E-state index < -0.39 is 6.72 Å². The molecule has 5 heteroatoms. The van der Waals surface area contributed by atoms with Gasteiger partial charge in [0.15, 0.2) is 0 Å². The molecule has 0 bridgehead atoms. The number of benzene rings is 3. The Morgan fingerprint density at radius 2 is 0.566 bits per heavy atom. The quantitative estimate of drug-likeness (QED) is 0.0456. The first-order valence-electron chi connectivity index (χ1n) is 22.0. The smallest absolute Gasteiger partial charge is 0.407 e. The molecule has 0 atom stereocenters. The van der Waals surface area contributed by atoms with Gasteiger partial charge in [0.1, 0.15) is 17.2 Å². The monoisotopic (exact) mass is 763 g/mol. The van der Waals surface area contributed by atoms with Crippen LogP contribution in [0.3, 0.4) is 0 Å². The van der Waals surface area contributed by atoms with Crippen molar-refractivity contribution in [2.45, 2.75) is 194 Å². The van der Waals surface area contributed by atoms with Gasteiger partial charge in [-0.05, 0) is 73.4 Å². The fourth-order valence-corrected chi connectivity index (χ4v) is 9.26. The van der Waals surface area contributed by atoms with Crippen LogP contribution in [0.4, 0.5) is 0 Å². The lowest BCUT2D eigenvalue weighted by Gasteiger charge is -2.26. The molecule has 3 aromatic carbocycles. The summed E-state index contributed by atoms with van der Waals surface area (Å²) in [6, 6.07) is 25.1. The van der Waals surface area contributed by atoms with E-state index in [-0.39, 0.29) is 0 Å². The summed E-state index contributed by atoms with van der Waals surface area (Å²) in [5.74, 6) is 2.37. The van der Waals surface area contributed by atoms with Crippen molar-refractivity contribution in [3.05, 3.63) is 89.5 Å². The lowest BCUT2D eigenvalue weighted by molar-refractivity contribution is 0.378.